The third-order valence-corrected chi connectivity index (χ3v) is 5.09. The topological polar surface area (TPSA) is 81.1 Å². The number of hydrogen-bond donors (Lipinski definition) is 3. The van der Waals surface area contributed by atoms with Crippen molar-refractivity contribution in [1.29, 1.82) is 0 Å². The molecule has 1 atom stereocenters. The predicted octanol–water partition coefficient (Wildman–Crippen LogP) is 0.935. The second-order valence-corrected chi connectivity index (χ2v) is 6.87. The lowest BCUT2D eigenvalue weighted by Crippen LogP contribution is -3.13. The van der Waals surface area contributed by atoms with Crippen LogP contribution in [-0.4, -0.2) is 45.4 Å². The molecule has 2 aliphatic rings. The minimum Gasteiger partial charge on any atom is -0.496 e. The summed E-state index contributed by atoms with van der Waals surface area (Å²) >= 11 is 0. The van der Waals surface area contributed by atoms with Crippen LogP contribution in [0.4, 0.5) is 4.79 Å². The summed E-state index contributed by atoms with van der Waals surface area (Å²) in [6.07, 6.45) is 3.57. The first-order valence-electron chi connectivity index (χ1n) is 9.58. The zero-order valence-electron chi connectivity index (χ0n) is 16.0. The Morgan fingerprint density at radius 3 is 2.67 bits per heavy atom. The fraction of sp³-hybridized carbons (Fsp3) is 0.500. The molecule has 2 heterocycles. The highest BCUT2D eigenvalue weighted by Gasteiger charge is 2.36. The summed E-state index contributed by atoms with van der Waals surface area (Å²) in [7, 11) is 1.58. The molecule has 0 aliphatic carbocycles. The lowest BCUT2D eigenvalue weighted by Gasteiger charge is -2.32. The molecule has 3 N–H and O–H groups in total. The van der Waals surface area contributed by atoms with E-state index in [4.69, 9.17) is 9.47 Å². The van der Waals surface area contributed by atoms with Gasteiger partial charge in [-0.05, 0) is 32.3 Å². The molecule has 1 aromatic rings. The van der Waals surface area contributed by atoms with Gasteiger partial charge in [-0.1, -0.05) is 18.2 Å². The highest BCUT2D eigenvalue weighted by Crippen LogP contribution is 2.33. The van der Waals surface area contributed by atoms with Crippen molar-refractivity contribution in [2.24, 2.45) is 0 Å². The number of carbonyl (C=O) groups is 2. The van der Waals surface area contributed by atoms with E-state index in [1.165, 1.54) is 24.2 Å². The number of urea groups is 1. The van der Waals surface area contributed by atoms with E-state index in [1.807, 2.05) is 24.3 Å². The normalized spacial score (nSPS) is 20.7. The maximum absolute atomic E-state index is 12.8. The summed E-state index contributed by atoms with van der Waals surface area (Å²) < 4.78 is 10.8. The first-order valence-corrected chi connectivity index (χ1v) is 9.58. The van der Waals surface area contributed by atoms with E-state index in [9.17, 15) is 9.59 Å². The van der Waals surface area contributed by atoms with E-state index in [-0.39, 0.29) is 12.6 Å². The second kappa shape index (κ2) is 8.90. The molecule has 27 heavy (non-hydrogen) atoms. The fourth-order valence-corrected chi connectivity index (χ4v) is 3.82. The Bertz CT molecular complexity index is 726. The molecule has 1 saturated heterocycles. The molecule has 0 saturated carbocycles. The van der Waals surface area contributed by atoms with Crippen LogP contribution in [0.1, 0.15) is 37.8 Å². The van der Waals surface area contributed by atoms with Crippen molar-refractivity contribution >= 4 is 12.0 Å². The monoisotopic (exact) mass is 374 g/mol. The molecule has 0 unspecified atom stereocenters. The highest BCUT2D eigenvalue weighted by molar-refractivity contribution is 5.95. The molecular weight excluding hydrogens is 346 g/mol. The van der Waals surface area contributed by atoms with Gasteiger partial charge in [0.2, 0.25) is 0 Å². The Hall–Kier alpha value is -2.54. The van der Waals surface area contributed by atoms with Gasteiger partial charge in [-0.2, -0.15) is 0 Å². The molecule has 0 bridgehead atoms. The molecule has 2 aliphatic heterocycles. The molecule has 3 rings (SSSR count). The quantitative estimate of drug-likeness (QED) is 0.648. The van der Waals surface area contributed by atoms with Crippen molar-refractivity contribution < 1.29 is 24.0 Å². The maximum Gasteiger partial charge on any atom is 0.338 e. The van der Waals surface area contributed by atoms with Gasteiger partial charge in [0.25, 0.3) is 0 Å². The van der Waals surface area contributed by atoms with Crippen LogP contribution >= 0.6 is 0 Å². The van der Waals surface area contributed by atoms with E-state index in [1.54, 1.807) is 14.0 Å². The smallest absolute Gasteiger partial charge is 0.338 e. The van der Waals surface area contributed by atoms with Gasteiger partial charge in [-0.3, -0.25) is 0 Å². The SMILES string of the molecule is CCOC(=O)C1=C(C[NH+]2CCCCC2)NC(=O)N[C@@H]1c1ccccc1OC. The van der Waals surface area contributed by atoms with Gasteiger partial charge in [0.1, 0.15) is 12.3 Å². The predicted molar refractivity (Wildman–Crippen MR) is 100 cm³/mol. The van der Waals surface area contributed by atoms with Crippen LogP contribution in [0.15, 0.2) is 35.5 Å². The Kier molecular flexibility index (Phi) is 6.34. The zero-order chi connectivity index (χ0) is 19.2. The highest BCUT2D eigenvalue weighted by atomic mass is 16.5. The first-order chi connectivity index (χ1) is 13.1. The zero-order valence-corrected chi connectivity index (χ0v) is 16.0. The van der Waals surface area contributed by atoms with Crippen LogP contribution < -0.4 is 20.3 Å². The van der Waals surface area contributed by atoms with Gasteiger partial charge in [-0.25, -0.2) is 9.59 Å². The van der Waals surface area contributed by atoms with Crippen molar-refractivity contribution in [2.45, 2.75) is 32.2 Å². The summed E-state index contributed by atoms with van der Waals surface area (Å²) in [6.45, 7) is 4.75. The van der Waals surface area contributed by atoms with Gasteiger partial charge in [0.15, 0.2) is 0 Å². The lowest BCUT2D eigenvalue weighted by atomic mass is 9.94. The summed E-state index contributed by atoms with van der Waals surface area (Å²) in [5.41, 5.74) is 1.84. The van der Waals surface area contributed by atoms with Gasteiger partial charge >= 0.3 is 12.0 Å². The number of hydrogen-bond acceptors (Lipinski definition) is 4. The number of carbonyl (C=O) groups excluding carboxylic acids is 2. The van der Waals surface area contributed by atoms with Crippen molar-refractivity contribution in [3.05, 3.63) is 41.1 Å². The van der Waals surface area contributed by atoms with Crippen molar-refractivity contribution in [3.8, 4) is 5.75 Å². The van der Waals surface area contributed by atoms with Crippen LogP contribution in [0, 0.1) is 0 Å². The minimum absolute atomic E-state index is 0.277. The molecule has 1 fully saturated rings. The van der Waals surface area contributed by atoms with E-state index in [2.05, 4.69) is 10.6 Å². The Morgan fingerprint density at radius 2 is 1.96 bits per heavy atom. The number of benzene rings is 1. The first kappa shape index (κ1) is 19.2. The summed E-state index contributed by atoms with van der Waals surface area (Å²) in [5.74, 6) is 0.212. The molecule has 0 spiro atoms. The molecule has 1 aromatic carbocycles. The number of amides is 2. The summed E-state index contributed by atoms with van der Waals surface area (Å²) in [5, 5.41) is 5.72. The molecule has 7 nitrogen and oxygen atoms in total. The number of rotatable bonds is 6. The average Bonchev–Trinajstić information content (AvgIpc) is 2.68. The molecular formula is C20H28N3O4+. The number of ether oxygens (including phenoxy) is 2. The van der Waals surface area contributed by atoms with Gasteiger partial charge in [0, 0.05) is 5.56 Å². The van der Waals surface area contributed by atoms with Crippen LogP contribution in [0.5, 0.6) is 5.75 Å². The van der Waals surface area contributed by atoms with E-state index >= 15 is 0 Å². The van der Waals surface area contributed by atoms with E-state index in [0.717, 1.165) is 18.7 Å². The Labute approximate surface area is 159 Å². The summed E-state index contributed by atoms with van der Waals surface area (Å²) in [6, 6.07) is 6.49. The molecule has 0 aromatic heterocycles. The third kappa shape index (κ3) is 4.42. The summed E-state index contributed by atoms with van der Waals surface area (Å²) in [4.78, 5) is 26.6. The van der Waals surface area contributed by atoms with Gasteiger partial charge < -0.3 is 25.0 Å². The van der Waals surface area contributed by atoms with Crippen molar-refractivity contribution in [2.75, 3.05) is 33.4 Å². The second-order valence-electron chi connectivity index (χ2n) is 6.87. The number of nitrogens with one attached hydrogen (secondary N) is 3. The Morgan fingerprint density at radius 1 is 1.22 bits per heavy atom. The third-order valence-electron chi connectivity index (χ3n) is 5.09. The van der Waals surface area contributed by atoms with Crippen LogP contribution in [0.25, 0.3) is 0 Å². The average molecular weight is 374 g/mol. The number of piperidine rings is 1. The number of quaternary nitrogens is 1. The van der Waals surface area contributed by atoms with E-state index in [0.29, 0.717) is 23.6 Å². The fourth-order valence-electron chi connectivity index (χ4n) is 3.82. The number of likely N-dealkylation sites (tertiary alicyclic amines) is 1. The molecule has 7 heteroatoms. The standard InChI is InChI=1S/C20H27N3O4/c1-3-27-19(24)17-15(13-23-11-7-4-8-12-23)21-20(25)22-18(17)14-9-5-6-10-16(14)26-2/h5-6,9-10,18H,3-4,7-8,11-13H2,1-2H3,(H2,21,22,25)/p+1/t18-/m1/s1. The van der Waals surface area contributed by atoms with Crippen LogP contribution in [0.3, 0.4) is 0 Å². The molecule has 2 amide bonds. The largest absolute Gasteiger partial charge is 0.496 e. The van der Waals surface area contributed by atoms with Crippen molar-refractivity contribution in [3.63, 3.8) is 0 Å². The molecule has 0 radical (unpaired) electrons. The minimum atomic E-state index is -0.604. The number of methoxy groups -OCH3 is 1. The van der Waals surface area contributed by atoms with Crippen LogP contribution in [-0.2, 0) is 9.53 Å². The number of esters is 1. The van der Waals surface area contributed by atoms with Gasteiger partial charge in [-0.15, -0.1) is 0 Å². The van der Waals surface area contributed by atoms with E-state index < -0.39 is 12.0 Å². The number of para-hydroxylation sites is 1. The Balaban J connectivity index is 2.02. The van der Waals surface area contributed by atoms with Gasteiger partial charge in [0.05, 0.1) is 44.1 Å². The lowest BCUT2D eigenvalue weighted by molar-refractivity contribution is -0.900. The maximum atomic E-state index is 12.8. The van der Waals surface area contributed by atoms with Crippen LogP contribution in [0.2, 0.25) is 0 Å². The molecule has 146 valence electrons. The van der Waals surface area contributed by atoms with Crippen molar-refractivity contribution in [1.82, 2.24) is 10.6 Å².